The highest BCUT2D eigenvalue weighted by Crippen LogP contribution is 2.35. The van der Waals surface area contributed by atoms with Gasteiger partial charge in [-0.25, -0.2) is 0 Å². The molecule has 0 aliphatic rings. The highest BCUT2D eigenvalue weighted by molar-refractivity contribution is 6.01. The molecule has 1 aromatic heterocycles. The minimum absolute atomic E-state index is 0.442. The first-order valence-electron chi connectivity index (χ1n) is 6.64. The molecule has 0 saturated heterocycles. The molecule has 20 heavy (non-hydrogen) atoms. The van der Waals surface area contributed by atoms with Crippen molar-refractivity contribution in [2.75, 3.05) is 0 Å². The molecule has 0 amide bonds. The average molecular weight is 265 g/mol. The predicted molar refractivity (Wildman–Crippen MR) is 81.0 cm³/mol. The van der Waals surface area contributed by atoms with Crippen molar-refractivity contribution in [1.82, 2.24) is 9.78 Å². The van der Waals surface area contributed by atoms with E-state index in [4.69, 9.17) is 0 Å². The summed E-state index contributed by atoms with van der Waals surface area (Å²) in [4.78, 5) is 11.1. The van der Waals surface area contributed by atoms with Crippen LogP contribution in [0.3, 0.4) is 0 Å². The maximum Gasteiger partial charge on any atom is 0.119 e. The fourth-order valence-electron chi connectivity index (χ4n) is 2.44. The maximum atomic E-state index is 11.1. The lowest BCUT2D eigenvalue weighted by Gasteiger charge is -2.00. The quantitative estimate of drug-likeness (QED) is 0.658. The first-order valence-corrected chi connectivity index (χ1v) is 6.64. The van der Waals surface area contributed by atoms with Crippen molar-refractivity contribution in [1.29, 1.82) is 0 Å². The lowest BCUT2D eigenvalue weighted by Crippen LogP contribution is -1.95. The average Bonchev–Trinajstić information content (AvgIpc) is 2.87. The molecule has 0 saturated carbocycles. The van der Waals surface area contributed by atoms with Gasteiger partial charge in [0.2, 0.25) is 0 Å². The summed E-state index contributed by atoms with van der Waals surface area (Å²) in [6.07, 6.45) is 0. The normalized spacial score (nSPS) is 10.9. The van der Waals surface area contributed by atoms with Crippen LogP contribution in [0, 0.1) is 11.8 Å². The zero-order valence-electron chi connectivity index (χ0n) is 11.5. The lowest BCUT2D eigenvalue weighted by atomic mass is 10.1. The summed E-state index contributed by atoms with van der Waals surface area (Å²) in [6, 6.07) is 13.7. The first-order chi connectivity index (χ1) is 9.74. The Bertz CT molecular complexity index is 772. The SMILES string of the molecule is CCn1nc(-c2ccc(C)cc2)c2c(N=O)cccc21. The van der Waals surface area contributed by atoms with E-state index in [0.29, 0.717) is 5.69 Å². The second kappa shape index (κ2) is 4.89. The summed E-state index contributed by atoms with van der Waals surface area (Å²) in [5.41, 5.74) is 4.40. The smallest absolute Gasteiger partial charge is 0.119 e. The van der Waals surface area contributed by atoms with Gasteiger partial charge in [0.25, 0.3) is 0 Å². The Labute approximate surface area is 117 Å². The van der Waals surface area contributed by atoms with E-state index >= 15 is 0 Å². The van der Waals surface area contributed by atoms with Crippen LogP contribution in [0.15, 0.2) is 47.6 Å². The Morgan fingerprint density at radius 2 is 1.90 bits per heavy atom. The first kappa shape index (κ1) is 12.5. The number of benzene rings is 2. The number of nitrogens with zero attached hydrogens (tertiary/aromatic N) is 3. The molecule has 3 rings (SSSR count). The van der Waals surface area contributed by atoms with Crippen molar-refractivity contribution >= 4 is 16.6 Å². The molecule has 0 bridgehead atoms. The van der Waals surface area contributed by atoms with E-state index in [-0.39, 0.29) is 0 Å². The third kappa shape index (κ3) is 1.90. The highest BCUT2D eigenvalue weighted by Gasteiger charge is 2.15. The Morgan fingerprint density at radius 1 is 1.15 bits per heavy atom. The van der Waals surface area contributed by atoms with Gasteiger partial charge in [-0.05, 0) is 31.2 Å². The van der Waals surface area contributed by atoms with E-state index in [2.05, 4.69) is 10.3 Å². The molecule has 4 heteroatoms. The van der Waals surface area contributed by atoms with Crippen molar-refractivity contribution in [3.05, 3.63) is 52.9 Å². The van der Waals surface area contributed by atoms with E-state index in [0.717, 1.165) is 28.7 Å². The summed E-state index contributed by atoms with van der Waals surface area (Å²) in [6.45, 7) is 4.84. The number of nitroso groups, excluding NO2 is 1. The van der Waals surface area contributed by atoms with Crippen LogP contribution in [0.5, 0.6) is 0 Å². The van der Waals surface area contributed by atoms with Gasteiger partial charge in [-0.3, -0.25) is 4.68 Å². The second-order valence-electron chi connectivity index (χ2n) is 4.79. The van der Waals surface area contributed by atoms with Gasteiger partial charge in [-0.1, -0.05) is 35.9 Å². The van der Waals surface area contributed by atoms with E-state index in [1.165, 1.54) is 5.56 Å². The highest BCUT2D eigenvalue weighted by atomic mass is 16.3. The molecule has 0 unspecified atom stereocenters. The monoisotopic (exact) mass is 265 g/mol. The van der Waals surface area contributed by atoms with Crippen LogP contribution in [0.4, 0.5) is 5.69 Å². The number of hydrogen-bond donors (Lipinski definition) is 0. The Balaban J connectivity index is 2.34. The fourth-order valence-corrected chi connectivity index (χ4v) is 2.44. The molecule has 3 aromatic rings. The van der Waals surface area contributed by atoms with E-state index in [9.17, 15) is 4.91 Å². The molecule has 0 N–H and O–H groups in total. The molecule has 0 atom stereocenters. The van der Waals surface area contributed by atoms with Gasteiger partial charge < -0.3 is 0 Å². The number of aryl methyl sites for hydroxylation is 2. The lowest BCUT2D eigenvalue weighted by molar-refractivity contribution is 0.686. The van der Waals surface area contributed by atoms with E-state index in [1.54, 1.807) is 6.07 Å². The van der Waals surface area contributed by atoms with Gasteiger partial charge in [0.1, 0.15) is 11.4 Å². The zero-order chi connectivity index (χ0) is 14.1. The largest absolute Gasteiger partial charge is 0.264 e. The molecule has 4 nitrogen and oxygen atoms in total. The van der Waals surface area contributed by atoms with Crippen LogP contribution in [-0.4, -0.2) is 9.78 Å². The van der Waals surface area contributed by atoms with Gasteiger partial charge in [-0.2, -0.15) is 5.10 Å². The fraction of sp³-hybridized carbons (Fsp3) is 0.188. The van der Waals surface area contributed by atoms with Crippen LogP contribution in [0.25, 0.3) is 22.2 Å². The Hall–Kier alpha value is -2.49. The molecule has 2 aromatic carbocycles. The Morgan fingerprint density at radius 3 is 2.55 bits per heavy atom. The van der Waals surface area contributed by atoms with Gasteiger partial charge >= 0.3 is 0 Å². The number of hydrogen-bond acceptors (Lipinski definition) is 3. The molecule has 0 aliphatic heterocycles. The number of aromatic nitrogens is 2. The maximum absolute atomic E-state index is 11.1. The molecule has 100 valence electrons. The summed E-state index contributed by atoms with van der Waals surface area (Å²) >= 11 is 0. The van der Waals surface area contributed by atoms with E-state index in [1.807, 2.05) is 54.9 Å². The van der Waals surface area contributed by atoms with E-state index < -0.39 is 0 Å². The molecule has 0 fully saturated rings. The van der Waals surface area contributed by atoms with Gasteiger partial charge in [0.15, 0.2) is 0 Å². The summed E-state index contributed by atoms with van der Waals surface area (Å²) < 4.78 is 1.90. The van der Waals surface area contributed by atoms with Crippen LogP contribution in [-0.2, 0) is 6.54 Å². The molecular formula is C16H15N3O. The van der Waals surface area contributed by atoms with Crippen molar-refractivity contribution in [3.8, 4) is 11.3 Å². The third-order valence-corrected chi connectivity index (χ3v) is 3.48. The predicted octanol–water partition coefficient (Wildman–Crippen LogP) is 4.43. The van der Waals surface area contributed by atoms with Crippen LogP contribution in [0.1, 0.15) is 12.5 Å². The number of fused-ring (bicyclic) bond motifs is 1. The Kier molecular flexibility index (Phi) is 3.06. The summed E-state index contributed by atoms with van der Waals surface area (Å²) in [7, 11) is 0. The van der Waals surface area contributed by atoms with Gasteiger partial charge in [0.05, 0.1) is 10.9 Å². The molecular weight excluding hydrogens is 250 g/mol. The minimum Gasteiger partial charge on any atom is -0.264 e. The van der Waals surface area contributed by atoms with Crippen molar-refractivity contribution in [2.24, 2.45) is 5.18 Å². The van der Waals surface area contributed by atoms with Gasteiger partial charge in [0, 0.05) is 12.1 Å². The molecule has 0 spiro atoms. The third-order valence-electron chi connectivity index (χ3n) is 3.48. The van der Waals surface area contributed by atoms with Crippen molar-refractivity contribution in [2.45, 2.75) is 20.4 Å². The molecule has 0 aliphatic carbocycles. The van der Waals surface area contributed by atoms with Crippen molar-refractivity contribution in [3.63, 3.8) is 0 Å². The van der Waals surface area contributed by atoms with Crippen molar-refractivity contribution < 1.29 is 0 Å². The minimum atomic E-state index is 0.442. The number of rotatable bonds is 3. The van der Waals surface area contributed by atoms with Crippen LogP contribution in [0.2, 0.25) is 0 Å². The summed E-state index contributed by atoms with van der Waals surface area (Å²) in [5, 5.41) is 8.61. The van der Waals surface area contributed by atoms with Crippen LogP contribution < -0.4 is 0 Å². The second-order valence-corrected chi connectivity index (χ2v) is 4.79. The van der Waals surface area contributed by atoms with Gasteiger partial charge in [-0.15, -0.1) is 4.91 Å². The molecule has 0 radical (unpaired) electrons. The summed E-state index contributed by atoms with van der Waals surface area (Å²) in [5.74, 6) is 0. The topological polar surface area (TPSA) is 47.2 Å². The van der Waals surface area contributed by atoms with Crippen LogP contribution >= 0.6 is 0 Å². The standard InChI is InChI=1S/C16H15N3O/c1-3-19-14-6-4-5-13(18-20)15(14)16(17-19)12-9-7-11(2)8-10-12/h4-10H,3H2,1-2H3. The zero-order valence-corrected chi connectivity index (χ0v) is 11.5. The molecule has 1 heterocycles.